The van der Waals surface area contributed by atoms with E-state index in [0.717, 1.165) is 16.6 Å². The van der Waals surface area contributed by atoms with Crippen LogP contribution in [0.3, 0.4) is 0 Å². The summed E-state index contributed by atoms with van der Waals surface area (Å²) in [6.45, 7) is 4.83. The van der Waals surface area contributed by atoms with Gasteiger partial charge in [-0.05, 0) is 80.0 Å². The predicted octanol–water partition coefficient (Wildman–Crippen LogP) is 7.28. The van der Waals surface area contributed by atoms with Crippen LogP contribution < -0.4 is 9.64 Å². The van der Waals surface area contributed by atoms with Crippen molar-refractivity contribution in [1.29, 1.82) is 0 Å². The molecule has 3 heterocycles. The summed E-state index contributed by atoms with van der Waals surface area (Å²) in [5.74, 6) is -2.65. The van der Waals surface area contributed by atoms with E-state index >= 15 is 0 Å². The molecule has 6 rings (SSSR count). The van der Waals surface area contributed by atoms with Gasteiger partial charge < -0.3 is 24.5 Å². The van der Waals surface area contributed by atoms with Gasteiger partial charge in [0.25, 0.3) is 0 Å². The first-order chi connectivity index (χ1) is 22.4. The number of carbonyl (C=O) groups is 2. The van der Waals surface area contributed by atoms with Gasteiger partial charge in [0.05, 0.1) is 6.20 Å². The van der Waals surface area contributed by atoms with E-state index in [-0.39, 0.29) is 23.1 Å². The third kappa shape index (κ3) is 7.49. The van der Waals surface area contributed by atoms with E-state index in [1.54, 1.807) is 31.3 Å². The molecule has 9 nitrogen and oxygen atoms in total. The molecule has 2 fully saturated rings. The van der Waals surface area contributed by atoms with Crippen molar-refractivity contribution >= 4 is 40.3 Å². The number of aromatic nitrogens is 2. The zero-order chi connectivity index (χ0) is 33.3. The topological polar surface area (TPSA) is 108 Å². The van der Waals surface area contributed by atoms with Gasteiger partial charge in [-0.25, -0.2) is 14.6 Å². The molecule has 4 aromatic rings. The quantitative estimate of drug-likeness (QED) is 0.189. The van der Waals surface area contributed by atoms with Crippen LogP contribution in [0.4, 0.5) is 18.9 Å². The number of piperazine rings is 1. The molecule has 47 heavy (non-hydrogen) atoms. The largest absolute Gasteiger partial charge is 0.490 e. The minimum atomic E-state index is -5.05. The molecule has 0 spiro atoms. The monoisotopic (exact) mass is 670 g/mol. The Balaban J connectivity index is 1.15. The van der Waals surface area contributed by atoms with Gasteiger partial charge >= 0.3 is 18.1 Å². The van der Waals surface area contributed by atoms with Crippen LogP contribution in [0.2, 0.25) is 5.02 Å². The summed E-state index contributed by atoms with van der Waals surface area (Å²) in [4.78, 5) is 35.5. The number of H-pyrrole nitrogens is 1. The number of esters is 1. The smallest absolute Gasteiger partial charge is 0.478 e. The van der Waals surface area contributed by atoms with Crippen LogP contribution >= 0.6 is 11.6 Å². The van der Waals surface area contributed by atoms with Gasteiger partial charge in [-0.15, -0.1) is 0 Å². The van der Waals surface area contributed by atoms with E-state index in [9.17, 15) is 27.9 Å². The molecule has 248 valence electrons. The average molecular weight is 671 g/mol. The summed E-state index contributed by atoms with van der Waals surface area (Å²) in [6.07, 6.45) is -0.575. The van der Waals surface area contributed by atoms with Crippen LogP contribution in [0.1, 0.15) is 48.0 Å². The molecule has 0 bridgehead atoms. The predicted molar refractivity (Wildman–Crippen MR) is 170 cm³/mol. The average Bonchev–Trinajstić information content (AvgIpc) is 3.49. The van der Waals surface area contributed by atoms with Gasteiger partial charge in [-0.3, -0.25) is 4.90 Å². The number of halogens is 4. The molecule has 2 N–H and O–H groups in total. The van der Waals surface area contributed by atoms with Gasteiger partial charge in [0.2, 0.25) is 0 Å². The normalized spacial score (nSPS) is 22.3. The van der Waals surface area contributed by atoms with Gasteiger partial charge in [-0.2, -0.15) is 13.2 Å². The number of alkyl halides is 3. The number of anilines is 1. The summed E-state index contributed by atoms with van der Waals surface area (Å²) in [5, 5.41) is 11.2. The van der Waals surface area contributed by atoms with Crippen molar-refractivity contribution in [2.24, 2.45) is 5.92 Å². The highest BCUT2D eigenvalue weighted by Gasteiger charge is 2.48. The fourth-order valence-corrected chi connectivity index (χ4v) is 6.93. The number of carboxylic acids is 1. The molecule has 1 saturated carbocycles. The lowest BCUT2D eigenvalue weighted by Gasteiger charge is -2.45. The summed E-state index contributed by atoms with van der Waals surface area (Å²) < 4.78 is 50.4. The lowest BCUT2D eigenvalue weighted by Crippen LogP contribution is -2.50. The maximum atomic E-state index is 13.1. The molecule has 1 saturated heterocycles. The first-order valence-electron chi connectivity index (χ1n) is 15.4. The number of aromatic carboxylic acids is 1. The molecule has 1 unspecified atom stereocenters. The Morgan fingerprint density at radius 3 is 2.53 bits per heavy atom. The molecule has 0 amide bonds. The van der Waals surface area contributed by atoms with Crippen LogP contribution in [0.5, 0.6) is 11.5 Å². The van der Waals surface area contributed by atoms with Crippen molar-refractivity contribution in [2.45, 2.75) is 43.9 Å². The number of hydrogen-bond donors (Lipinski definition) is 2. The fraction of sp³-hybridized carbons (Fsp3) is 0.382. The fourth-order valence-electron chi connectivity index (χ4n) is 6.80. The van der Waals surface area contributed by atoms with E-state index in [1.807, 2.05) is 30.3 Å². The van der Waals surface area contributed by atoms with E-state index in [1.165, 1.54) is 12.3 Å². The molecule has 1 aliphatic carbocycles. The lowest BCUT2D eigenvalue weighted by molar-refractivity contribution is -0.216. The zero-order valence-electron chi connectivity index (χ0n) is 25.6. The molecule has 3 atom stereocenters. The van der Waals surface area contributed by atoms with Crippen molar-refractivity contribution in [3.63, 3.8) is 0 Å². The van der Waals surface area contributed by atoms with Crippen LogP contribution in [0.15, 0.2) is 67.0 Å². The summed E-state index contributed by atoms with van der Waals surface area (Å²) >= 11 is 6.13. The van der Waals surface area contributed by atoms with Crippen LogP contribution in [0, 0.1) is 5.92 Å². The molecule has 0 radical (unpaired) electrons. The zero-order valence-corrected chi connectivity index (χ0v) is 26.4. The number of fused-ring (bicyclic) bond motifs is 1. The molecule has 2 aromatic carbocycles. The number of nitrogens with one attached hydrogen (secondary N) is 1. The molecule has 2 aliphatic rings. The highest BCUT2D eigenvalue weighted by molar-refractivity contribution is 6.30. The Morgan fingerprint density at radius 2 is 1.83 bits per heavy atom. The van der Waals surface area contributed by atoms with E-state index in [0.29, 0.717) is 68.4 Å². The number of ether oxygens (including phenoxy) is 2. The van der Waals surface area contributed by atoms with Crippen molar-refractivity contribution < 1.29 is 37.3 Å². The molecule has 2 aromatic heterocycles. The van der Waals surface area contributed by atoms with E-state index < -0.39 is 23.7 Å². The van der Waals surface area contributed by atoms with E-state index in [2.05, 4.69) is 19.8 Å². The Bertz CT molecular complexity index is 1760. The van der Waals surface area contributed by atoms with Crippen molar-refractivity contribution in [3.05, 3.63) is 83.1 Å². The molecular weight excluding hydrogens is 637 g/mol. The number of pyridine rings is 1. The van der Waals surface area contributed by atoms with Gasteiger partial charge in [-0.1, -0.05) is 23.7 Å². The highest BCUT2D eigenvalue weighted by Crippen LogP contribution is 2.45. The number of carbonyl (C=O) groups excluding carboxylic acids is 1. The number of rotatable bonds is 8. The Hall–Kier alpha value is -4.29. The van der Waals surface area contributed by atoms with Crippen LogP contribution in [-0.4, -0.2) is 76.4 Å². The number of nitrogens with zero attached hydrogens (tertiary/aromatic N) is 3. The maximum absolute atomic E-state index is 13.1. The maximum Gasteiger partial charge on any atom is 0.490 e. The highest BCUT2D eigenvalue weighted by atomic mass is 35.5. The number of aromatic amines is 1. The second-order valence-corrected chi connectivity index (χ2v) is 12.9. The first kappa shape index (κ1) is 32.6. The second kappa shape index (κ2) is 13.1. The van der Waals surface area contributed by atoms with Crippen LogP contribution in [0.25, 0.3) is 11.0 Å². The standard InChI is InChI=1S/C34H34ClF3N4O5/c1-33(47-32(45)34(36,37)38)10-8-27(21-2-4-24(35)5-3-21)23(18-33)20-41-12-14-42(15-13-41)25-6-7-28(31(43)44)29(17-25)46-26-16-22-9-11-39-30(22)40-19-26/h2-7,9,11,16-17,19,23,27H,8,10,12-15,18,20H2,1H3,(H,39,40)(H,43,44)/t23-,27+,33?/m0/s1. The van der Waals surface area contributed by atoms with Crippen molar-refractivity contribution in [1.82, 2.24) is 14.9 Å². The van der Waals surface area contributed by atoms with Gasteiger partial charge in [0.1, 0.15) is 28.3 Å². The van der Waals surface area contributed by atoms with Crippen molar-refractivity contribution in [3.8, 4) is 11.5 Å². The Morgan fingerprint density at radius 1 is 1.09 bits per heavy atom. The number of carboxylic acid groups (broad SMARTS) is 1. The number of benzene rings is 2. The Kier molecular flexibility index (Phi) is 9.08. The minimum Gasteiger partial charge on any atom is -0.478 e. The van der Waals surface area contributed by atoms with Crippen molar-refractivity contribution in [2.75, 3.05) is 37.6 Å². The minimum absolute atomic E-state index is 0.0290. The summed E-state index contributed by atoms with van der Waals surface area (Å²) in [7, 11) is 0. The second-order valence-electron chi connectivity index (χ2n) is 12.5. The molecule has 1 aliphatic heterocycles. The third-order valence-electron chi connectivity index (χ3n) is 9.14. The van der Waals surface area contributed by atoms with Crippen LogP contribution in [-0.2, 0) is 9.53 Å². The lowest BCUT2D eigenvalue weighted by atomic mass is 9.69. The third-order valence-corrected chi connectivity index (χ3v) is 9.40. The van der Waals surface area contributed by atoms with Gasteiger partial charge in [0.15, 0.2) is 0 Å². The molecular formula is C34H34ClF3N4O5. The Labute approximate surface area is 274 Å². The summed E-state index contributed by atoms with van der Waals surface area (Å²) in [6, 6.07) is 16.2. The van der Waals surface area contributed by atoms with E-state index in [4.69, 9.17) is 21.1 Å². The van der Waals surface area contributed by atoms with Gasteiger partial charge in [0, 0.05) is 61.1 Å². The number of hydrogen-bond acceptors (Lipinski definition) is 7. The summed E-state index contributed by atoms with van der Waals surface area (Å²) in [5.41, 5.74) is 1.36. The SMILES string of the molecule is CC1(OC(=O)C(F)(F)F)CC[C@H](c2ccc(Cl)cc2)[C@H](CN2CCN(c3ccc(C(=O)O)c(Oc4cnc5[nH]ccc5c4)c3)CC2)C1. The molecule has 13 heteroatoms. The first-order valence-corrected chi connectivity index (χ1v) is 15.8.